The van der Waals surface area contributed by atoms with E-state index in [1.54, 1.807) is 12.1 Å². The van der Waals surface area contributed by atoms with Crippen LogP contribution in [0.15, 0.2) is 51.4 Å². The fourth-order valence-electron chi connectivity index (χ4n) is 2.71. The van der Waals surface area contributed by atoms with Crippen LogP contribution in [0.25, 0.3) is 22.8 Å². The molecule has 0 N–H and O–H groups in total. The average molecular weight is 350 g/mol. The van der Waals surface area contributed by atoms with Gasteiger partial charge in [0.1, 0.15) is 12.2 Å². The van der Waals surface area contributed by atoms with E-state index in [4.69, 9.17) is 8.94 Å². The summed E-state index contributed by atoms with van der Waals surface area (Å²) >= 11 is 0. The van der Waals surface area contributed by atoms with E-state index in [2.05, 4.69) is 26.4 Å². The molecule has 0 amide bonds. The second kappa shape index (κ2) is 6.51. The van der Waals surface area contributed by atoms with Crippen molar-refractivity contribution in [2.45, 2.75) is 20.3 Å². The SMILES string of the molecule is Cc1cc(C)cc(-c2nnc(Cc3nc(-c4ccc(F)cc4)no3)o2)c1. The molecule has 0 saturated heterocycles. The van der Waals surface area contributed by atoms with Crippen LogP contribution < -0.4 is 0 Å². The molecule has 0 spiro atoms. The van der Waals surface area contributed by atoms with Crippen LogP contribution in [0.4, 0.5) is 4.39 Å². The van der Waals surface area contributed by atoms with Gasteiger partial charge in [0.2, 0.25) is 23.5 Å². The molecule has 0 bridgehead atoms. The van der Waals surface area contributed by atoms with E-state index < -0.39 is 0 Å². The number of hydrogen-bond acceptors (Lipinski definition) is 6. The van der Waals surface area contributed by atoms with E-state index in [9.17, 15) is 4.39 Å². The Labute approximate surface area is 148 Å². The molecule has 4 rings (SSSR count). The summed E-state index contributed by atoms with van der Waals surface area (Å²) < 4.78 is 23.9. The van der Waals surface area contributed by atoms with Crippen molar-refractivity contribution in [3.63, 3.8) is 0 Å². The number of aromatic nitrogens is 4. The molecule has 2 heterocycles. The van der Waals surface area contributed by atoms with Crippen molar-refractivity contribution in [3.8, 4) is 22.8 Å². The van der Waals surface area contributed by atoms with Gasteiger partial charge in [-0.1, -0.05) is 22.3 Å². The monoisotopic (exact) mass is 350 g/mol. The van der Waals surface area contributed by atoms with Crippen molar-refractivity contribution in [3.05, 3.63) is 71.2 Å². The van der Waals surface area contributed by atoms with Gasteiger partial charge >= 0.3 is 0 Å². The lowest BCUT2D eigenvalue weighted by molar-refractivity contribution is 0.374. The second-order valence-corrected chi connectivity index (χ2v) is 6.07. The number of hydrogen-bond donors (Lipinski definition) is 0. The van der Waals surface area contributed by atoms with E-state index in [1.165, 1.54) is 12.1 Å². The van der Waals surface area contributed by atoms with Gasteiger partial charge in [-0.25, -0.2) is 4.39 Å². The van der Waals surface area contributed by atoms with E-state index >= 15 is 0 Å². The minimum Gasteiger partial charge on any atom is -0.420 e. The van der Waals surface area contributed by atoms with Gasteiger partial charge in [0.05, 0.1) is 0 Å². The smallest absolute Gasteiger partial charge is 0.247 e. The molecular formula is C19H15FN4O2. The first-order valence-electron chi connectivity index (χ1n) is 8.06. The number of benzene rings is 2. The zero-order valence-electron chi connectivity index (χ0n) is 14.2. The number of aryl methyl sites for hydroxylation is 2. The maximum Gasteiger partial charge on any atom is 0.247 e. The highest BCUT2D eigenvalue weighted by molar-refractivity contribution is 5.55. The van der Waals surface area contributed by atoms with Gasteiger partial charge in [0.15, 0.2) is 0 Å². The quantitative estimate of drug-likeness (QED) is 0.551. The first-order valence-corrected chi connectivity index (χ1v) is 8.06. The van der Waals surface area contributed by atoms with Gasteiger partial charge in [-0.05, 0) is 50.2 Å². The summed E-state index contributed by atoms with van der Waals surface area (Å²) in [6.07, 6.45) is 0.228. The highest BCUT2D eigenvalue weighted by atomic mass is 19.1. The largest absolute Gasteiger partial charge is 0.420 e. The number of rotatable bonds is 4. The van der Waals surface area contributed by atoms with Crippen LogP contribution >= 0.6 is 0 Å². The lowest BCUT2D eigenvalue weighted by atomic mass is 10.1. The van der Waals surface area contributed by atoms with Gasteiger partial charge in [-0.3, -0.25) is 0 Å². The topological polar surface area (TPSA) is 77.8 Å². The van der Waals surface area contributed by atoms with Crippen LogP contribution in [0.5, 0.6) is 0 Å². The molecule has 0 aliphatic heterocycles. The summed E-state index contributed by atoms with van der Waals surface area (Å²) in [5.41, 5.74) is 3.79. The predicted molar refractivity (Wildman–Crippen MR) is 91.7 cm³/mol. The summed E-state index contributed by atoms with van der Waals surface area (Å²) in [6.45, 7) is 4.03. The van der Waals surface area contributed by atoms with Gasteiger partial charge in [0.25, 0.3) is 0 Å². The van der Waals surface area contributed by atoms with Crippen molar-refractivity contribution in [1.82, 2.24) is 20.3 Å². The zero-order valence-corrected chi connectivity index (χ0v) is 14.2. The molecule has 130 valence electrons. The minimum absolute atomic E-state index is 0.228. The fraction of sp³-hybridized carbons (Fsp3) is 0.158. The molecule has 4 aromatic rings. The van der Waals surface area contributed by atoms with Crippen LogP contribution in [-0.2, 0) is 6.42 Å². The Bertz CT molecular complexity index is 1030. The highest BCUT2D eigenvalue weighted by Crippen LogP contribution is 2.22. The first kappa shape index (κ1) is 16.1. The summed E-state index contributed by atoms with van der Waals surface area (Å²) in [4.78, 5) is 4.29. The third-order valence-electron chi connectivity index (χ3n) is 3.81. The Kier molecular flexibility index (Phi) is 4.04. The molecule has 0 aliphatic rings. The normalized spacial score (nSPS) is 11.0. The van der Waals surface area contributed by atoms with Crippen molar-refractivity contribution in [1.29, 1.82) is 0 Å². The molecule has 0 fully saturated rings. The fourth-order valence-corrected chi connectivity index (χ4v) is 2.71. The maximum absolute atomic E-state index is 13.0. The van der Waals surface area contributed by atoms with Crippen LogP contribution in [0.2, 0.25) is 0 Å². The lowest BCUT2D eigenvalue weighted by Gasteiger charge is -1.99. The summed E-state index contributed by atoms with van der Waals surface area (Å²) in [5.74, 6) is 1.25. The number of halogens is 1. The van der Waals surface area contributed by atoms with Gasteiger partial charge in [-0.15, -0.1) is 10.2 Å². The maximum atomic E-state index is 13.0. The molecule has 6 nitrogen and oxygen atoms in total. The summed E-state index contributed by atoms with van der Waals surface area (Å²) in [6, 6.07) is 11.9. The van der Waals surface area contributed by atoms with Crippen molar-refractivity contribution < 1.29 is 13.3 Å². The molecule has 0 aliphatic carbocycles. The minimum atomic E-state index is -0.317. The highest BCUT2D eigenvalue weighted by Gasteiger charge is 2.15. The molecule has 0 unspecified atom stereocenters. The van der Waals surface area contributed by atoms with E-state index in [1.807, 2.05) is 26.0 Å². The summed E-state index contributed by atoms with van der Waals surface area (Å²) in [5, 5.41) is 12.0. The van der Waals surface area contributed by atoms with Gasteiger partial charge in [-0.2, -0.15) is 4.98 Å². The molecular weight excluding hydrogens is 335 g/mol. The first-order chi connectivity index (χ1) is 12.6. The Balaban J connectivity index is 1.53. The molecule has 0 atom stereocenters. The van der Waals surface area contributed by atoms with E-state index in [-0.39, 0.29) is 12.2 Å². The second-order valence-electron chi connectivity index (χ2n) is 6.07. The number of nitrogens with zero attached hydrogens (tertiary/aromatic N) is 4. The molecule has 2 aromatic heterocycles. The van der Waals surface area contributed by atoms with Crippen molar-refractivity contribution in [2.24, 2.45) is 0 Å². The molecule has 26 heavy (non-hydrogen) atoms. The van der Waals surface area contributed by atoms with Crippen LogP contribution in [0.1, 0.15) is 22.9 Å². The zero-order chi connectivity index (χ0) is 18.1. The van der Waals surface area contributed by atoms with Gasteiger partial charge in [0, 0.05) is 11.1 Å². The Hall–Kier alpha value is -3.35. The lowest BCUT2D eigenvalue weighted by Crippen LogP contribution is -1.89. The van der Waals surface area contributed by atoms with Gasteiger partial charge < -0.3 is 8.94 Å². The molecule has 2 aromatic carbocycles. The van der Waals surface area contributed by atoms with E-state index in [0.717, 1.165) is 16.7 Å². The van der Waals surface area contributed by atoms with Crippen molar-refractivity contribution in [2.75, 3.05) is 0 Å². The van der Waals surface area contributed by atoms with Crippen LogP contribution in [-0.4, -0.2) is 20.3 Å². The van der Waals surface area contributed by atoms with E-state index in [0.29, 0.717) is 29.1 Å². The Morgan fingerprint density at radius 1 is 0.885 bits per heavy atom. The molecule has 0 radical (unpaired) electrons. The third-order valence-corrected chi connectivity index (χ3v) is 3.81. The Morgan fingerprint density at radius 2 is 1.62 bits per heavy atom. The third kappa shape index (κ3) is 3.37. The molecule has 7 heteroatoms. The average Bonchev–Trinajstić information content (AvgIpc) is 3.25. The predicted octanol–water partition coefficient (Wildman–Crippen LogP) is 4.13. The van der Waals surface area contributed by atoms with Crippen LogP contribution in [0, 0.1) is 19.7 Å². The summed E-state index contributed by atoms with van der Waals surface area (Å²) in [7, 11) is 0. The molecule has 0 saturated carbocycles. The van der Waals surface area contributed by atoms with Crippen LogP contribution in [0.3, 0.4) is 0 Å². The van der Waals surface area contributed by atoms with Crippen molar-refractivity contribution >= 4 is 0 Å². The Morgan fingerprint density at radius 3 is 2.35 bits per heavy atom. The standard InChI is InChI=1S/C19H15FN4O2/c1-11-7-12(2)9-14(8-11)19-23-22-17(25-19)10-16-21-18(24-26-16)13-3-5-15(20)6-4-13/h3-9H,10H2,1-2H3.